The van der Waals surface area contributed by atoms with Crippen molar-refractivity contribution >= 4 is 21.6 Å². The Morgan fingerprint density at radius 3 is 2.55 bits per heavy atom. The molecular formula is C21H26FN3O3S. The molecule has 1 heterocycles. The molecule has 0 aliphatic carbocycles. The Balaban J connectivity index is 2.16. The zero-order valence-electron chi connectivity index (χ0n) is 17.1. The molecule has 1 aliphatic rings. The number of carbonyl (C=O) groups is 1. The van der Waals surface area contributed by atoms with Gasteiger partial charge in [0.1, 0.15) is 15.7 Å². The number of fused-ring (bicyclic) bond motifs is 1. The minimum Gasteiger partial charge on any atom is -0.386 e. The Bertz CT molecular complexity index is 1080. The second kappa shape index (κ2) is 7.51. The van der Waals surface area contributed by atoms with Gasteiger partial charge in [0.25, 0.3) is 0 Å². The standard InChI is InChI=1S/C21H26FN3O3S/c1-12(2)17-10-15(22)11-18-13(3)24-29(28,25-20(26)23-19(17)18)16-8-6-7-14(9-16)21(4,5)27/h6-13,27H,1-5H3,(H2,23,24,25,26,28). The van der Waals surface area contributed by atoms with Crippen molar-refractivity contribution in [2.45, 2.75) is 57.1 Å². The number of nitrogens with zero attached hydrogens (tertiary/aromatic N) is 1. The molecule has 29 heavy (non-hydrogen) atoms. The van der Waals surface area contributed by atoms with Crippen molar-refractivity contribution in [2.24, 2.45) is 4.36 Å². The highest BCUT2D eigenvalue weighted by atomic mass is 32.2. The van der Waals surface area contributed by atoms with Crippen molar-refractivity contribution in [1.82, 2.24) is 4.72 Å². The molecule has 2 aromatic rings. The van der Waals surface area contributed by atoms with Crippen LogP contribution in [0.4, 0.5) is 14.9 Å². The van der Waals surface area contributed by atoms with Crippen molar-refractivity contribution in [3.8, 4) is 0 Å². The Morgan fingerprint density at radius 2 is 1.93 bits per heavy atom. The average Bonchev–Trinajstić information content (AvgIpc) is 2.60. The molecule has 0 saturated carbocycles. The summed E-state index contributed by atoms with van der Waals surface area (Å²) in [5, 5.41) is 13.0. The number of carbonyl (C=O) groups excluding carboxylic acids is 1. The van der Waals surface area contributed by atoms with Crippen LogP contribution in [0.3, 0.4) is 0 Å². The molecule has 3 N–H and O–H groups in total. The van der Waals surface area contributed by atoms with Gasteiger partial charge in [0.05, 0.1) is 16.2 Å². The van der Waals surface area contributed by atoms with E-state index in [0.29, 0.717) is 22.4 Å². The van der Waals surface area contributed by atoms with E-state index in [9.17, 15) is 18.5 Å². The number of hydrogen-bond donors (Lipinski definition) is 3. The highest BCUT2D eigenvalue weighted by Gasteiger charge is 2.28. The first kappa shape index (κ1) is 21.4. The Labute approximate surface area is 170 Å². The van der Waals surface area contributed by atoms with E-state index >= 15 is 0 Å². The highest BCUT2D eigenvalue weighted by molar-refractivity contribution is 7.92. The second-order valence-electron chi connectivity index (χ2n) is 8.09. The van der Waals surface area contributed by atoms with Crippen molar-refractivity contribution in [2.75, 3.05) is 5.32 Å². The van der Waals surface area contributed by atoms with Crippen LogP contribution in [0.5, 0.6) is 0 Å². The molecule has 3 rings (SSSR count). The van der Waals surface area contributed by atoms with Crippen LogP contribution in [0.1, 0.15) is 63.3 Å². The Hall–Kier alpha value is -2.29. The first-order valence-corrected chi connectivity index (χ1v) is 10.9. The van der Waals surface area contributed by atoms with Gasteiger partial charge in [-0.1, -0.05) is 26.0 Å². The van der Waals surface area contributed by atoms with Gasteiger partial charge in [-0.15, -0.1) is 4.36 Å². The summed E-state index contributed by atoms with van der Waals surface area (Å²) in [7, 11) is -3.37. The smallest absolute Gasteiger partial charge is 0.354 e. The van der Waals surface area contributed by atoms with Crippen LogP contribution in [0.15, 0.2) is 45.7 Å². The summed E-state index contributed by atoms with van der Waals surface area (Å²) in [5.74, 6) is -0.456. The molecule has 0 radical (unpaired) electrons. The largest absolute Gasteiger partial charge is 0.386 e. The molecule has 2 atom stereocenters. The summed E-state index contributed by atoms with van der Waals surface area (Å²) in [6.45, 7) is 8.78. The van der Waals surface area contributed by atoms with Crippen LogP contribution < -0.4 is 10.0 Å². The van der Waals surface area contributed by atoms with Gasteiger partial charge in [0.2, 0.25) is 0 Å². The third-order valence-electron chi connectivity index (χ3n) is 4.89. The lowest BCUT2D eigenvalue weighted by molar-refractivity contribution is 0.0784. The first-order valence-electron chi connectivity index (χ1n) is 9.42. The summed E-state index contributed by atoms with van der Waals surface area (Å²) in [5.41, 5.74) is 1.03. The molecule has 156 valence electrons. The zero-order chi connectivity index (χ0) is 21.6. The summed E-state index contributed by atoms with van der Waals surface area (Å²) >= 11 is 0. The van der Waals surface area contributed by atoms with E-state index in [-0.39, 0.29) is 10.8 Å². The number of halogens is 1. The molecule has 6 nitrogen and oxygen atoms in total. The summed E-state index contributed by atoms with van der Waals surface area (Å²) in [6, 6.07) is 7.89. The number of urea groups is 1. The number of benzene rings is 2. The summed E-state index contributed by atoms with van der Waals surface area (Å²) in [4.78, 5) is 12.9. The molecule has 1 aliphatic heterocycles. The molecule has 0 saturated heterocycles. The lowest BCUT2D eigenvalue weighted by Gasteiger charge is -2.26. The Kier molecular flexibility index (Phi) is 5.55. The van der Waals surface area contributed by atoms with E-state index in [2.05, 4.69) is 14.4 Å². The van der Waals surface area contributed by atoms with Crippen LogP contribution in [0.25, 0.3) is 0 Å². The predicted octanol–water partition coefficient (Wildman–Crippen LogP) is 4.81. The van der Waals surface area contributed by atoms with Crippen molar-refractivity contribution < 1.29 is 18.5 Å². The Morgan fingerprint density at radius 1 is 1.24 bits per heavy atom. The SMILES string of the molecule is CC(C)c1cc(F)cc2c1NC(=O)N=S(=O)(c1cccc(C(C)(C)O)c1)NC2C. The topological polar surface area (TPSA) is 90.8 Å². The molecule has 8 heteroatoms. The summed E-state index contributed by atoms with van der Waals surface area (Å²) in [6.07, 6.45) is 0. The maximum atomic E-state index is 14.3. The van der Waals surface area contributed by atoms with Crippen molar-refractivity contribution in [3.63, 3.8) is 0 Å². The third-order valence-corrected chi connectivity index (χ3v) is 6.88. The number of rotatable bonds is 3. The lowest BCUT2D eigenvalue weighted by atomic mass is 9.95. The number of nitrogens with one attached hydrogen (secondary N) is 2. The monoisotopic (exact) mass is 419 g/mol. The lowest BCUT2D eigenvalue weighted by Crippen LogP contribution is -2.32. The fraction of sp³-hybridized carbons (Fsp3) is 0.381. The first-order chi connectivity index (χ1) is 13.4. The van der Waals surface area contributed by atoms with Crippen LogP contribution in [-0.2, 0) is 15.5 Å². The molecule has 2 amide bonds. The van der Waals surface area contributed by atoms with Gasteiger partial charge in [-0.05, 0) is 67.6 Å². The minimum atomic E-state index is -3.37. The average molecular weight is 420 g/mol. The summed E-state index contributed by atoms with van der Waals surface area (Å²) < 4.78 is 34.8. The fourth-order valence-electron chi connectivity index (χ4n) is 3.34. The number of amides is 2. The highest BCUT2D eigenvalue weighted by Crippen LogP contribution is 2.35. The molecule has 0 fully saturated rings. The van der Waals surface area contributed by atoms with E-state index in [1.54, 1.807) is 45.0 Å². The molecule has 0 spiro atoms. The zero-order valence-corrected chi connectivity index (χ0v) is 17.9. The van der Waals surface area contributed by atoms with E-state index < -0.39 is 33.4 Å². The number of hydrogen-bond acceptors (Lipinski definition) is 3. The van der Waals surface area contributed by atoms with Crippen LogP contribution in [0, 0.1) is 5.82 Å². The molecule has 2 unspecified atom stereocenters. The van der Waals surface area contributed by atoms with E-state index in [1.165, 1.54) is 12.1 Å². The van der Waals surface area contributed by atoms with Gasteiger partial charge < -0.3 is 10.4 Å². The second-order valence-corrected chi connectivity index (χ2v) is 10.0. The maximum absolute atomic E-state index is 14.3. The predicted molar refractivity (Wildman–Crippen MR) is 112 cm³/mol. The minimum absolute atomic E-state index is 0.0285. The van der Waals surface area contributed by atoms with Gasteiger partial charge in [-0.3, -0.25) is 0 Å². The molecule has 0 aromatic heterocycles. The molecule has 0 bridgehead atoms. The molecule has 2 aromatic carbocycles. The van der Waals surface area contributed by atoms with Gasteiger partial charge in [0, 0.05) is 6.04 Å². The van der Waals surface area contributed by atoms with Gasteiger partial charge in [-0.25, -0.2) is 18.1 Å². The van der Waals surface area contributed by atoms with E-state index in [1.807, 2.05) is 13.8 Å². The van der Waals surface area contributed by atoms with E-state index in [0.717, 1.165) is 0 Å². The van der Waals surface area contributed by atoms with E-state index in [4.69, 9.17) is 0 Å². The normalized spacial score (nSPS) is 22.3. The fourth-order valence-corrected chi connectivity index (χ4v) is 5.07. The van der Waals surface area contributed by atoms with Gasteiger partial charge in [-0.2, -0.15) is 0 Å². The third kappa shape index (κ3) is 4.34. The van der Waals surface area contributed by atoms with Crippen LogP contribution >= 0.6 is 0 Å². The van der Waals surface area contributed by atoms with Crippen LogP contribution in [0.2, 0.25) is 0 Å². The van der Waals surface area contributed by atoms with Gasteiger partial charge >= 0.3 is 6.03 Å². The van der Waals surface area contributed by atoms with Crippen molar-refractivity contribution in [3.05, 3.63) is 58.9 Å². The maximum Gasteiger partial charge on any atom is 0.354 e. The quantitative estimate of drug-likeness (QED) is 0.666. The van der Waals surface area contributed by atoms with Crippen LogP contribution in [-0.4, -0.2) is 15.3 Å². The van der Waals surface area contributed by atoms with Gasteiger partial charge in [0.15, 0.2) is 0 Å². The van der Waals surface area contributed by atoms with Crippen molar-refractivity contribution in [1.29, 1.82) is 0 Å². The number of anilines is 1. The number of aliphatic hydroxyl groups is 1. The molecular weight excluding hydrogens is 393 g/mol.